The van der Waals surface area contributed by atoms with E-state index in [0.29, 0.717) is 12.0 Å². The van der Waals surface area contributed by atoms with Gasteiger partial charge in [0.2, 0.25) is 0 Å². The molecule has 1 fully saturated rings. The van der Waals surface area contributed by atoms with Gasteiger partial charge in [-0.25, -0.2) is 9.97 Å². The van der Waals surface area contributed by atoms with E-state index >= 15 is 0 Å². The normalized spacial score (nSPS) is 19.8. The van der Waals surface area contributed by atoms with Gasteiger partial charge in [0.25, 0.3) is 0 Å². The van der Waals surface area contributed by atoms with Gasteiger partial charge in [0.15, 0.2) is 0 Å². The van der Waals surface area contributed by atoms with Gasteiger partial charge in [0.1, 0.15) is 18.0 Å². The second-order valence-electron chi connectivity index (χ2n) is 6.18. The summed E-state index contributed by atoms with van der Waals surface area (Å²) in [6, 6.07) is 0.608. The molecule has 0 amide bonds. The molecule has 0 aromatic carbocycles. The van der Waals surface area contributed by atoms with Crippen molar-refractivity contribution in [1.82, 2.24) is 14.9 Å². The van der Waals surface area contributed by atoms with Gasteiger partial charge in [-0.3, -0.25) is 0 Å². The van der Waals surface area contributed by atoms with E-state index in [-0.39, 0.29) is 0 Å². The SMILES string of the molecule is CCNc1ncnc(NCC2CCCCN2C)c1C(C)C. The van der Waals surface area contributed by atoms with Crippen LogP contribution in [0, 0.1) is 0 Å². The Bertz CT molecular complexity index is 446. The first-order valence-corrected chi connectivity index (χ1v) is 8.16. The highest BCUT2D eigenvalue weighted by molar-refractivity contribution is 5.59. The summed E-state index contributed by atoms with van der Waals surface area (Å²) in [7, 11) is 2.22. The zero-order chi connectivity index (χ0) is 15.2. The van der Waals surface area contributed by atoms with E-state index in [9.17, 15) is 0 Å². The number of piperidine rings is 1. The molecule has 1 aliphatic rings. The largest absolute Gasteiger partial charge is 0.370 e. The fourth-order valence-corrected chi connectivity index (χ4v) is 3.01. The second kappa shape index (κ2) is 7.59. The van der Waals surface area contributed by atoms with Gasteiger partial charge in [-0.05, 0) is 39.3 Å². The third kappa shape index (κ3) is 4.06. The van der Waals surface area contributed by atoms with Crippen LogP contribution < -0.4 is 10.6 Å². The van der Waals surface area contributed by atoms with Gasteiger partial charge in [-0.1, -0.05) is 20.3 Å². The number of nitrogens with zero attached hydrogens (tertiary/aromatic N) is 3. The highest BCUT2D eigenvalue weighted by Crippen LogP contribution is 2.28. The molecule has 21 heavy (non-hydrogen) atoms. The maximum atomic E-state index is 4.47. The highest BCUT2D eigenvalue weighted by Gasteiger charge is 2.20. The first-order valence-electron chi connectivity index (χ1n) is 8.16. The Morgan fingerprint density at radius 2 is 1.95 bits per heavy atom. The van der Waals surface area contributed by atoms with Crippen molar-refractivity contribution in [3.63, 3.8) is 0 Å². The molecular formula is C16H29N5. The fourth-order valence-electron chi connectivity index (χ4n) is 3.01. The summed E-state index contributed by atoms with van der Waals surface area (Å²) in [4.78, 5) is 11.3. The predicted molar refractivity (Wildman–Crippen MR) is 89.0 cm³/mol. The quantitative estimate of drug-likeness (QED) is 0.844. The molecule has 2 N–H and O–H groups in total. The van der Waals surface area contributed by atoms with Gasteiger partial charge in [-0.2, -0.15) is 0 Å². The average Bonchev–Trinajstić information content (AvgIpc) is 2.46. The van der Waals surface area contributed by atoms with Gasteiger partial charge in [0.05, 0.1) is 0 Å². The van der Waals surface area contributed by atoms with Crippen LogP contribution in [0.1, 0.15) is 51.5 Å². The monoisotopic (exact) mass is 291 g/mol. The molecule has 1 atom stereocenters. The zero-order valence-electron chi connectivity index (χ0n) is 13.8. The van der Waals surface area contributed by atoms with Crippen LogP contribution in [-0.2, 0) is 0 Å². The molecule has 0 saturated carbocycles. The van der Waals surface area contributed by atoms with Crippen LogP contribution in [0.5, 0.6) is 0 Å². The van der Waals surface area contributed by atoms with E-state index in [1.54, 1.807) is 6.33 Å². The molecule has 1 saturated heterocycles. The Balaban J connectivity index is 2.09. The van der Waals surface area contributed by atoms with Crippen LogP contribution in [0.4, 0.5) is 11.6 Å². The lowest BCUT2D eigenvalue weighted by Gasteiger charge is -2.33. The van der Waals surface area contributed by atoms with E-state index < -0.39 is 0 Å². The fraction of sp³-hybridized carbons (Fsp3) is 0.750. The summed E-state index contributed by atoms with van der Waals surface area (Å²) < 4.78 is 0. The lowest BCUT2D eigenvalue weighted by atomic mass is 10.0. The maximum Gasteiger partial charge on any atom is 0.135 e. The van der Waals surface area contributed by atoms with Crippen LogP contribution in [0.2, 0.25) is 0 Å². The van der Waals surface area contributed by atoms with E-state index in [1.807, 2.05) is 0 Å². The minimum absolute atomic E-state index is 0.395. The van der Waals surface area contributed by atoms with E-state index in [1.165, 1.54) is 31.4 Å². The Morgan fingerprint density at radius 1 is 1.24 bits per heavy atom. The van der Waals surface area contributed by atoms with E-state index in [0.717, 1.165) is 24.7 Å². The number of rotatable bonds is 6. The molecule has 1 unspecified atom stereocenters. The van der Waals surface area contributed by atoms with Crippen molar-refractivity contribution in [2.45, 2.75) is 52.0 Å². The first-order chi connectivity index (χ1) is 10.1. The minimum Gasteiger partial charge on any atom is -0.370 e. The summed E-state index contributed by atoms with van der Waals surface area (Å²) >= 11 is 0. The van der Waals surface area contributed by atoms with Gasteiger partial charge < -0.3 is 15.5 Å². The molecule has 0 bridgehead atoms. The number of anilines is 2. The number of nitrogens with one attached hydrogen (secondary N) is 2. The number of hydrogen-bond donors (Lipinski definition) is 2. The predicted octanol–water partition coefficient (Wildman–Crippen LogP) is 2.93. The molecule has 1 aliphatic heterocycles. The van der Waals surface area contributed by atoms with Crippen molar-refractivity contribution in [3.8, 4) is 0 Å². The summed E-state index contributed by atoms with van der Waals surface area (Å²) in [5, 5.41) is 6.90. The Labute approximate surface area is 128 Å². The van der Waals surface area contributed by atoms with Crippen molar-refractivity contribution in [3.05, 3.63) is 11.9 Å². The third-order valence-electron chi connectivity index (χ3n) is 4.23. The minimum atomic E-state index is 0.395. The summed E-state index contributed by atoms with van der Waals surface area (Å²) in [5.74, 6) is 2.34. The van der Waals surface area contributed by atoms with Crippen molar-refractivity contribution in [2.24, 2.45) is 0 Å². The van der Waals surface area contributed by atoms with Crippen molar-refractivity contribution >= 4 is 11.6 Å². The van der Waals surface area contributed by atoms with Gasteiger partial charge in [0, 0.05) is 24.7 Å². The molecule has 1 aromatic rings. The van der Waals surface area contributed by atoms with Crippen molar-refractivity contribution in [2.75, 3.05) is 37.3 Å². The number of aromatic nitrogens is 2. The second-order valence-corrected chi connectivity index (χ2v) is 6.18. The molecule has 118 valence electrons. The summed E-state index contributed by atoms with van der Waals surface area (Å²) in [6.45, 7) is 9.52. The van der Waals surface area contributed by atoms with Crippen LogP contribution in [-0.4, -0.2) is 47.6 Å². The van der Waals surface area contributed by atoms with Gasteiger partial charge in [-0.15, -0.1) is 0 Å². The molecule has 0 spiro atoms. The number of likely N-dealkylation sites (tertiary alicyclic amines) is 1. The molecule has 5 heteroatoms. The average molecular weight is 291 g/mol. The third-order valence-corrected chi connectivity index (χ3v) is 4.23. The van der Waals surface area contributed by atoms with E-state index in [2.05, 4.69) is 53.3 Å². The summed E-state index contributed by atoms with van der Waals surface area (Å²) in [5.41, 5.74) is 1.19. The van der Waals surface area contributed by atoms with Crippen LogP contribution >= 0.6 is 0 Å². The zero-order valence-corrected chi connectivity index (χ0v) is 13.8. The molecular weight excluding hydrogens is 262 g/mol. The lowest BCUT2D eigenvalue weighted by molar-refractivity contribution is 0.194. The van der Waals surface area contributed by atoms with Gasteiger partial charge >= 0.3 is 0 Å². The number of likely N-dealkylation sites (N-methyl/N-ethyl adjacent to an activating group) is 1. The Morgan fingerprint density at radius 3 is 2.57 bits per heavy atom. The van der Waals surface area contributed by atoms with E-state index in [4.69, 9.17) is 0 Å². The molecule has 2 heterocycles. The van der Waals surface area contributed by atoms with Crippen LogP contribution in [0.15, 0.2) is 6.33 Å². The maximum absolute atomic E-state index is 4.47. The Hall–Kier alpha value is -1.36. The van der Waals surface area contributed by atoms with Crippen LogP contribution in [0.3, 0.4) is 0 Å². The topological polar surface area (TPSA) is 53.1 Å². The molecule has 5 nitrogen and oxygen atoms in total. The molecule has 2 rings (SSSR count). The van der Waals surface area contributed by atoms with Crippen molar-refractivity contribution in [1.29, 1.82) is 0 Å². The molecule has 0 radical (unpaired) electrons. The Kier molecular flexibility index (Phi) is 5.79. The standard InChI is InChI=1S/C16H29N5/c1-5-17-15-14(12(2)3)16(20-11-19-15)18-10-13-8-6-7-9-21(13)4/h11-13H,5-10H2,1-4H3,(H2,17,18,19,20). The molecule has 0 aliphatic carbocycles. The first kappa shape index (κ1) is 16.0. The molecule has 1 aromatic heterocycles. The summed E-state index contributed by atoms with van der Waals surface area (Å²) in [6.07, 6.45) is 5.57. The number of hydrogen-bond acceptors (Lipinski definition) is 5. The smallest absolute Gasteiger partial charge is 0.135 e. The highest BCUT2D eigenvalue weighted by atomic mass is 15.2. The van der Waals surface area contributed by atoms with Crippen molar-refractivity contribution < 1.29 is 0 Å². The van der Waals surface area contributed by atoms with Crippen LogP contribution in [0.25, 0.3) is 0 Å². The lowest BCUT2D eigenvalue weighted by Crippen LogP contribution is -2.41.